The predicted molar refractivity (Wildman–Crippen MR) is 105 cm³/mol. The lowest BCUT2D eigenvalue weighted by Gasteiger charge is -2.07. The van der Waals surface area contributed by atoms with Gasteiger partial charge in [0.25, 0.3) is 0 Å². The van der Waals surface area contributed by atoms with Crippen LogP contribution in [0.2, 0.25) is 0 Å². The van der Waals surface area contributed by atoms with Crippen molar-refractivity contribution in [3.8, 4) is 11.3 Å². The Morgan fingerprint density at radius 3 is 2.46 bits per heavy atom. The Labute approximate surface area is 153 Å². The molecule has 0 unspecified atom stereocenters. The second kappa shape index (κ2) is 6.00. The summed E-state index contributed by atoms with van der Waals surface area (Å²) in [6.07, 6.45) is 2.05. The van der Waals surface area contributed by atoms with Crippen LogP contribution in [0.4, 0.5) is 5.69 Å². The lowest BCUT2D eigenvalue weighted by Crippen LogP contribution is -2.30. The molecule has 128 valence electrons. The Morgan fingerprint density at radius 1 is 1.04 bits per heavy atom. The van der Waals surface area contributed by atoms with Crippen molar-refractivity contribution in [2.45, 2.75) is 26.7 Å². The molecule has 0 bridgehead atoms. The standard InChI is InChI=1S/C23H21N2O/c1-14(2)16-13-23-19(12-20(16)24-4)18-11-17(15(3)10-22(18)26-23)21-8-6-7-9-25(21)5/h6-14H,1-3,5H3/q+1. The van der Waals surface area contributed by atoms with Gasteiger partial charge in [-0.05, 0) is 54.3 Å². The Bertz CT molecular complexity index is 1190. The van der Waals surface area contributed by atoms with E-state index in [0.29, 0.717) is 5.69 Å². The van der Waals surface area contributed by atoms with Crippen molar-refractivity contribution in [1.29, 1.82) is 0 Å². The molecule has 4 rings (SSSR count). The molecule has 0 saturated heterocycles. The van der Waals surface area contributed by atoms with E-state index in [0.717, 1.165) is 33.2 Å². The van der Waals surface area contributed by atoms with Crippen molar-refractivity contribution in [2.75, 3.05) is 0 Å². The van der Waals surface area contributed by atoms with Crippen LogP contribution in [-0.2, 0) is 7.05 Å². The van der Waals surface area contributed by atoms with Gasteiger partial charge >= 0.3 is 0 Å². The van der Waals surface area contributed by atoms with Gasteiger partial charge in [-0.3, -0.25) is 0 Å². The third-order valence-electron chi connectivity index (χ3n) is 5.04. The van der Waals surface area contributed by atoms with Crippen LogP contribution in [0.3, 0.4) is 0 Å². The first-order valence-electron chi connectivity index (χ1n) is 8.83. The van der Waals surface area contributed by atoms with E-state index in [-0.39, 0.29) is 5.92 Å². The summed E-state index contributed by atoms with van der Waals surface area (Å²) in [7, 11) is 2.05. The molecule has 4 aromatic rings. The zero-order valence-electron chi connectivity index (χ0n) is 15.5. The first kappa shape index (κ1) is 16.4. The highest BCUT2D eigenvalue weighted by Crippen LogP contribution is 2.38. The van der Waals surface area contributed by atoms with Gasteiger partial charge in [0.1, 0.15) is 18.2 Å². The van der Waals surface area contributed by atoms with Crippen molar-refractivity contribution in [2.24, 2.45) is 7.05 Å². The molecule has 0 atom stereocenters. The molecule has 0 aliphatic heterocycles. The number of aryl methyl sites for hydroxylation is 2. The number of hydrogen-bond donors (Lipinski definition) is 0. The smallest absolute Gasteiger partial charge is 0.212 e. The number of furan rings is 1. The molecular weight excluding hydrogens is 320 g/mol. The normalized spacial score (nSPS) is 11.4. The van der Waals surface area contributed by atoms with Gasteiger partial charge in [0, 0.05) is 28.5 Å². The lowest BCUT2D eigenvalue weighted by atomic mass is 9.97. The summed E-state index contributed by atoms with van der Waals surface area (Å²) >= 11 is 0. The van der Waals surface area contributed by atoms with Crippen molar-refractivity contribution >= 4 is 27.6 Å². The fourth-order valence-corrected chi connectivity index (χ4v) is 3.61. The minimum atomic E-state index is 0.289. The van der Waals surface area contributed by atoms with Gasteiger partial charge in [-0.25, -0.2) is 9.41 Å². The monoisotopic (exact) mass is 341 g/mol. The minimum absolute atomic E-state index is 0.289. The summed E-state index contributed by atoms with van der Waals surface area (Å²) in [6.45, 7) is 13.9. The van der Waals surface area contributed by atoms with E-state index < -0.39 is 0 Å². The summed E-state index contributed by atoms with van der Waals surface area (Å²) in [5.74, 6) is 0.289. The zero-order chi connectivity index (χ0) is 18.4. The highest BCUT2D eigenvalue weighted by molar-refractivity contribution is 6.08. The number of pyridine rings is 1. The molecule has 0 aliphatic rings. The molecule has 0 fully saturated rings. The quantitative estimate of drug-likeness (QED) is 0.321. The topological polar surface area (TPSA) is 21.4 Å². The second-order valence-corrected chi connectivity index (χ2v) is 7.14. The SMILES string of the molecule is [C-]#[N+]c1cc2c(cc1C(C)C)oc1cc(C)c(-c3cccc[n+]3C)cc12. The molecule has 2 aromatic heterocycles. The van der Waals surface area contributed by atoms with Gasteiger partial charge in [0.15, 0.2) is 11.9 Å². The summed E-state index contributed by atoms with van der Waals surface area (Å²) in [6, 6.07) is 14.5. The minimum Gasteiger partial charge on any atom is -0.456 e. The Kier molecular flexibility index (Phi) is 3.77. The van der Waals surface area contributed by atoms with E-state index in [1.807, 2.05) is 18.2 Å². The maximum atomic E-state index is 7.54. The highest BCUT2D eigenvalue weighted by Gasteiger charge is 2.18. The van der Waals surface area contributed by atoms with E-state index >= 15 is 0 Å². The molecule has 2 aromatic carbocycles. The number of rotatable bonds is 2. The molecule has 0 spiro atoms. The molecule has 0 radical (unpaired) electrons. The largest absolute Gasteiger partial charge is 0.456 e. The van der Waals surface area contributed by atoms with E-state index in [1.165, 1.54) is 11.1 Å². The van der Waals surface area contributed by atoms with Gasteiger partial charge in [-0.2, -0.15) is 0 Å². The van der Waals surface area contributed by atoms with E-state index in [4.69, 9.17) is 11.0 Å². The zero-order valence-corrected chi connectivity index (χ0v) is 15.5. The number of hydrogen-bond acceptors (Lipinski definition) is 1. The summed E-state index contributed by atoms with van der Waals surface area (Å²) in [5, 5.41) is 2.07. The predicted octanol–water partition coefficient (Wildman–Crippen LogP) is 6.06. The maximum Gasteiger partial charge on any atom is 0.212 e. The highest BCUT2D eigenvalue weighted by atomic mass is 16.3. The van der Waals surface area contributed by atoms with Gasteiger partial charge in [0.05, 0.1) is 6.57 Å². The molecule has 0 aliphatic carbocycles. The molecular formula is C23H21N2O+. The van der Waals surface area contributed by atoms with Crippen LogP contribution in [0.15, 0.2) is 53.1 Å². The molecule has 3 nitrogen and oxygen atoms in total. The maximum absolute atomic E-state index is 7.54. The fourth-order valence-electron chi connectivity index (χ4n) is 3.61. The van der Waals surface area contributed by atoms with Crippen molar-refractivity contribution in [1.82, 2.24) is 0 Å². The van der Waals surface area contributed by atoms with Gasteiger partial charge < -0.3 is 4.42 Å². The Morgan fingerprint density at radius 2 is 1.77 bits per heavy atom. The summed E-state index contributed by atoms with van der Waals surface area (Å²) in [4.78, 5) is 3.74. The van der Waals surface area contributed by atoms with Crippen molar-refractivity contribution < 1.29 is 8.98 Å². The molecule has 3 heteroatoms. The van der Waals surface area contributed by atoms with Crippen LogP contribution in [-0.4, -0.2) is 0 Å². The number of fused-ring (bicyclic) bond motifs is 3. The van der Waals surface area contributed by atoms with E-state index in [1.54, 1.807) is 0 Å². The summed E-state index contributed by atoms with van der Waals surface area (Å²) in [5.41, 5.74) is 6.99. The van der Waals surface area contributed by atoms with Crippen LogP contribution in [0, 0.1) is 13.5 Å². The first-order valence-corrected chi connectivity index (χ1v) is 8.83. The van der Waals surface area contributed by atoms with Crippen LogP contribution < -0.4 is 4.57 Å². The van der Waals surface area contributed by atoms with Crippen LogP contribution in [0.5, 0.6) is 0 Å². The molecule has 2 heterocycles. The average molecular weight is 341 g/mol. The van der Waals surface area contributed by atoms with E-state index in [2.05, 4.69) is 67.7 Å². The molecule has 26 heavy (non-hydrogen) atoms. The molecule has 0 saturated carbocycles. The van der Waals surface area contributed by atoms with Gasteiger partial charge in [-0.15, -0.1) is 0 Å². The van der Waals surface area contributed by atoms with E-state index in [9.17, 15) is 0 Å². The van der Waals surface area contributed by atoms with Crippen LogP contribution in [0.1, 0.15) is 30.9 Å². The molecule has 0 amide bonds. The second-order valence-electron chi connectivity index (χ2n) is 7.14. The van der Waals surface area contributed by atoms with Gasteiger partial charge in [-0.1, -0.05) is 13.8 Å². The third-order valence-corrected chi connectivity index (χ3v) is 5.04. The third kappa shape index (κ3) is 2.46. The Balaban J connectivity index is 2.05. The number of benzene rings is 2. The van der Waals surface area contributed by atoms with Gasteiger partial charge in [0.2, 0.25) is 5.69 Å². The number of aromatic nitrogens is 1. The van der Waals surface area contributed by atoms with Crippen molar-refractivity contribution in [3.05, 3.63) is 71.2 Å². The molecule has 0 N–H and O–H groups in total. The fraction of sp³-hybridized carbons (Fsp3) is 0.217. The summed E-state index contributed by atoms with van der Waals surface area (Å²) < 4.78 is 8.26. The first-order chi connectivity index (χ1) is 12.5. The average Bonchev–Trinajstić information content (AvgIpc) is 2.96. The van der Waals surface area contributed by atoms with Crippen LogP contribution >= 0.6 is 0 Å². The number of nitrogens with zero attached hydrogens (tertiary/aromatic N) is 2. The van der Waals surface area contributed by atoms with Crippen LogP contribution in [0.25, 0.3) is 38.0 Å². The Hall–Kier alpha value is -3.12. The lowest BCUT2D eigenvalue weighted by molar-refractivity contribution is -0.660. The van der Waals surface area contributed by atoms with Crippen molar-refractivity contribution in [3.63, 3.8) is 0 Å².